The number of hydrogen-bond acceptors (Lipinski definition) is 3. The minimum atomic E-state index is -0.261. The predicted octanol–water partition coefficient (Wildman–Crippen LogP) is 1.43. The molecule has 1 N–H and O–H groups in total. The lowest BCUT2D eigenvalue weighted by Crippen LogP contribution is -2.35. The number of ether oxygens (including phenoxy) is 1. The van der Waals surface area contributed by atoms with Crippen molar-refractivity contribution >= 4 is 17.5 Å². The summed E-state index contributed by atoms with van der Waals surface area (Å²) in [4.78, 5) is 25.3. The molecule has 0 aliphatic carbocycles. The molecule has 2 amide bonds. The molecule has 1 aromatic rings. The van der Waals surface area contributed by atoms with E-state index in [1.54, 1.807) is 4.90 Å². The molecule has 118 valence electrons. The molecule has 0 bridgehead atoms. The highest BCUT2D eigenvalue weighted by atomic mass is 16.5. The fourth-order valence-corrected chi connectivity index (χ4v) is 3.09. The smallest absolute Gasteiger partial charge is 0.249 e. The van der Waals surface area contributed by atoms with Crippen LogP contribution in [0.2, 0.25) is 0 Å². The summed E-state index contributed by atoms with van der Waals surface area (Å²) in [5, 5.41) is 2.94. The Balaban J connectivity index is 1.55. The van der Waals surface area contributed by atoms with Crippen molar-refractivity contribution in [3.05, 3.63) is 29.3 Å². The third kappa shape index (κ3) is 3.14. The lowest BCUT2D eigenvalue weighted by molar-refractivity contribution is -0.130. The zero-order valence-corrected chi connectivity index (χ0v) is 12.9. The zero-order chi connectivity index (χ0) is 15.5. The molecular formula is C17H22N2O3. The van der Waals surface area contributed by atoms with Crippen LogP contribution in [0, 0.1) is 0 Å². The van der Waals surface area contributed by atoms with Gasteiger partial charge < -0.3 is 15.0 Å². The van der Waals surface area contributed by atoms with Gasteiger partial charge in [0, 0.05) is 32.3 Å². The number of amides is 2. The van der Waals surface area contributed by atoms with Gasteiger partial charge in [-0.15, -0.1) is 0 Å². The lowest BCUT2D eigenvalue weighted by atomic mass is 9.98. The quantitative estimate of drug-likeness (QED) is 0.915. The SMILES string of the molecule is CN1C(=O)CCc2cc(CCNC(=O)C3CCCO3)ccc21. The van der Waals surface area contributed by atoms with Crippen LogP contribution in [0.25, 0.3) is 0 Å². The monoisotopic (exact) mass is 302 g/mol. The van der Waals surface area contributed by atoms with Crippen LogP contribution in [0.5, 0.6) is 0 Å². The highest BCUT2D eigenvalue weighted by Gasteiger charge is 2.23. The number of fused-ring (bicyclic) bond motifs is 1. The van der Waals surface area contributed by atoms with Crippen molar-refractivity contribution in [2.75, 3.05) is 25.1 Å². The second-order valence-corrected chi connectivity index (χ2v) is 5.96. The summed E-state index contributed by atoms with van der Waals surface area (Å²) in [5.41, 5.74) is 3.41. The summed E-state index contributed by atoms with van der Waals surface area (Å²) in [7, 11) is 1.82. The Kier molecular flexibility index (Phi) is 4.43. The summed E-state index contributed by atoms with van der Waals surface area (Å²) >= 11 is 0. The van der Waals surface area contributed by atoms with E-state index >= 15 is 0 Å². The molecular weight excluding hydrogens is 280 g/mol. The fourth-order valence-electron chi connectivity index (χ4n) is 3.09. The number of rotatable bonds is 4. The van der Waals surface area contributed by atoms with E-state index in [1.807, 2.05) is 19.2 Å². The standard InChI is InChI=1S/C17H22N2O3/c1-19-14-6-4-12(11-13(14)5-7-16(19)20)8-9-18-17(21)15-3-2-10-22-15/h4,6,11,15H,2-3,5,7-10H2,1H3,(H,18,21). The Bertz CT molecular complexity index is 579. The van der Waals surface area contributed by atoms with E-state index in [2.05, 4.69) is 11.4 Å². The third-order valence-electron chi connectivity index (χ3n) is 4.42. The molecule has 22 heavy (non-hydrogen) atoms. The molecule has 1 unspecified atom stereocenters. The average Bonchev–Trinajstić information content (AvgIpc) is 3.05. The number of hydrogen-bond donors (Lipinski definition) is 1. The van der Waals surface area contributed by atoms with Crippen molar-refractivity contribution in [3.8, 4) is 0 Å². The van der Waals surface area contributed by atoms with E-state index in [9.17, 15) is 9.59 Å². The van der Waals surface area contributed by atoms with Gasteiger partial charge >= 0.3 is 0 Å². The van der Waals surface area contributed by atoms with Gasteiger partial charge in [0.05, 0.1) is 0 Å². The van der Waals surface area contributed by atoms with E-state index < -0.39 is 0 Å². The van der Waals surface area contributed by atoms with Gasteiger partial charge in [-0.1, -0.05) is 12.1 Å². The third-order valence-corrected chi connectivity index (χ3v) is 4.42. The van der Waals surface area contributed by atoms with Crippen LogP contribution in [0.15, 0.2) is 18.2 Å². The van der Waals surface area contributed by atoms with E-state index in [0.717, 1.165) is 31.4 Å². The average molecular weight is 302 g/mol. The Hall–Kier alpha value is -1.88. The van der Waals surface area contributed by atoms with Gasteiger partial charge in [-0.3, -0.25) is 9.59 Å². The maximum Gasteiger partial charge on any atom is 0.249 e. The molecule has 1 aromatic carbocycles. The molecule has 0 radical (unpaired) electrons. The van der Waals surface area contributed by atoms with Gasteiger partial charge in [-0.25, -0.2) is 0 Å². The summed E-state index contributed by atoms with van der Waals surface area (Å²) < 4.78 is 5.36. The highest BCUT2D eigenvalue weighted by molar-refractivity contribution is 5.95. The van der Waals surface area contributed by atoms with Crippen LogP contribution in [0.3, 0.4) is 0 Å². The second kappa shape index (κ2) is 6.48. The topological polar surface area (TPSA) is 58.6 Å². The first-order valence-electron chi connectivity index (χ1n) is 7.93. The van der Waals surface area contributed by atoms with Gasteiger partial charge in [0.2, 0.25) is 11.8 Å². The number of nitrogens with one attached hydrogen (secondary N) is 1. The molecule has 2 aliphatic rings. The second-order valence-electron chi connectivity index (χ2n) is 5.96. The Labute approximate surface area is 130 Å². The van der Waals surface area contributed by atoms with Gasteiger partial charge in [-0.2, -0.15) is 0 Å². The van der Waals surface area contributed by atoms with Gasteiger partial charge in [-0.05, 0) is 42.9 Å². The van der Waals surface area contributed by atoms with Crippen LogP contribution in [-0.2, 0) is 27.2 Å². The minimum absolute atomic E-state index is 0.000732. The Morgan fingerprint density at radius 1 is 1.41 bits per heavy atom. The van der Waals surface area contributed by atoms with E-state index in [4.69, 9.17) is 4.74 Å². The van der Waals surface area contributed by atoms with Crippen molar-refractivity contribution in [3.63, 3.8) is 0 Å². The first-order chi connectivity index (χ1) is 10.6. The molecule has 2 heterocycles. The maximum atomic E-state index is 11.9. The molecule has 5 heteroatoms. The Morgan fingerprint density at radius 3 is 3.05 bits per heavy atom. The van der Waals surface area contributed by atoms with Crippen molar-refractivity contribution in [2.24, 2.45) is 0 Å². The number of aryl methyl sites for hydroxylation is 1. The van der Waals surface area contributed by atoms with Crippen LogP contribution in [0.4, 0.5) is 5.69 Å². The summed E-state index contributed by atoms with van der Waals surface area (Å²) in [6.07, 6.45) is 3.70. The molecule has 0 saturated carbocycles. The zero-order valence-electron chi connectivity index (χ0n) is 12.9. The molecule has 1 atom stereocenters. The predicted molar refractivity (Wildman–Crippen MR) is 83.9 cm³/mol. The normalized spacial score (nSPS) is 20.9. The van der Waals surface area contributed by atoms with Gasteiger partial charge in [0.25, 0.3) is 0 Å². The minimum Gasteiger partial charge on any atom is -0.368 e. The maximum absolute atomic E-state index is 11.9. The van der Waals surface area contributed by atoms with E-state index in [-0.39, 0.29) is 17.9 Å². The molecule has 5 nitrogen and oxygen atoms in total. The van der Waals surface area contributed by atoms with Crippen molar-refractivity contribution in [1.82, 2.24) is 5.32 Å². The van der Waals surface area contributed by atoms with Gasteiger partial charge in [0.15, 0.2) is 0 Å². The van der Waals surface area contributed by atoms with E-state index in [0.29, 0.717) is 19.6 Å². The van der Waals surface area contributed by atoms with Crippen LogP contribution in [0.1, 0.15) is 30.4 Å². The van der Waals surface area contributed by atoms with E-state index in [1.165, 1.54) is 11.1 Å². The largest absolute Gasteiger partial charge is 0.368 e. The first-order valence-corrected chi connectivity index (χ1v) is 7.93. The molecule has 0 spiro atoms. The lowest BCUT2D eigenvalue weighted by Gasteiger charge is -2.26. The van der Waals surface area contributed by atoms with Crippen molar-refractivity contribution < 1.29 is 14.3 Å². The van der Waals surface area contributed by atoms with Gasteiger partial charge in [0.1, 0.15) is 6.10 Å². The summed E-state index contributed by atoms with van der Waals surface area (Å²) in [6.45, 7) is 1.31. The number of nitrogens with zero attached hydrogens (tertiary/aromatic N) is 1. The Morgan fingerprint density at radius 2 is 2.27 bits per heavy atom. The van der Waals surface area contributed by atoms with Crippen LogP contribution < -0.4 is 10.2 Å². The van der Waals surface area contributed by atoms with Crippen LogP contribution in [-0.4, -0.2) is 38.1 Å². The molecule has 2 aliphatic heterocycles. The summed E-state index contributed by atoms with van der Waals surface area (Å²) in [6, 6.07) is 6.19. The molecule has 1 saturated heterocycles. The van der Waals surface area contributed by atoms with Crippen LogP contribution >= 0.6 is 0 Å². The molecule has 0 aromatic heterocycles. The van der Waals surface area contributed by atoms with Crippen molar-refractivity contribution in [2.45, 2.75) is 38.2 Å². The molecule has 3 rings (SSSR count). The number of carbonyl (C=O) groups excluding carboxylic acids is 2. The first kappa shape index (κ1) is 15.0. The number of carbonyl (C=O) groups is 2. The van der Waals surface area contributed by atoms with Crippen molar-refractivity contribution in [1.29, 1.82) is 0 Å². The summed E-state index contributed by atoms with van der Waals surface area (Å²) in [5.74, 6) is 0.171. The number of benzene rings is 1. The highest BCUT2D eigenvalue weighted by Crippen LogP contribution is 2.27. The fraction of sp³-hybridized carbons (Fsp3) is 0.529. The molecule has 1 fully saturated rings. The number of anilines is 1.